The number of nitrogens with zero attached hydrogens (tertiary/aromatic N) is 2. The number of urea groups is 1. The zero-order chi connectivity index (χ0) is 13.6. The lowest BCUT2D eigenvalue weighted by molar-refractivity contribution is -0.130. The number of thioether (sulfide) groups is 1. The highest BCUT2D eigenvalue weighted by atomic mass is 32.2. The van der Waals surface area contributed by atoms with E-state index in [4.69, 9.17) is 4.52 Å². The molecule has 1 aromatic rings. The first-order chi connectivity index (χ1) is 9.03. The third-order valence-electron chi connectivity index (χ3n) is 3.76. The third kappa shape index (κ3) is 1.83. The van der Waals surface area contributed by atoms with Crippen LogP contribution in [-0.2, 0) is 11.3 Å². The predicted molar refractivity (Wildman–Crippen MR) is 69.7 cm³/mol. The maximum absolute atomic E-state index is 12.5. The van der Waals surface area contributed by atoms with Crippen molar-refractivity contribution in [2.75, 3.05) is 11.5 Å². The summed E-state index contributed by atoms with van der Waals surface area (Å²) in [5, 5.41) is 6.69. The molecule has 6 nitrogen and oxygen atoms in total. The second kappa shape index (κ2) is 4.26. The first-order valence-electron chi connectivity index (χ1n) is 6.17. The van der Waals surface area contributed by atoms with Gasteiger partial charge in [-0.15, -0.1) is 0 Å². The van der Waals surface area contributed by atoms with Crippen molar-refractivity contribution < 1.29 is 14.1 Å². The molecule has 1 spiro atoms. The smallest absolute Gasteiger partial charge is 0.325 e. The molecule has 0 radical (unpaired) electrons. The number of carbonyl (C=O) groups excluding carboxylic acids is 2. The predicted octanol–water partition coefficient (Wildman–Crippen LogP) is 1.22. The van der Waals surface area contributed by atoms with Crippen molar-refractivity contribution in [2.24, 2.45) is 0 Å². The molecule has 0 bridgehead atoms. The van der Waals surface area contributed by atoms with Crippen LogP contribution in [0.25, 0.3) is 0 Å². The topological polar surface area (TPSA) is 75.4 Å². The summed E-state index contributed by atoms with van der Waals surface area (Å²) in [6, 6.07) is -0.312. The van der Waals surface area contributed by atoms with Gasteiger partial charge in [-0.2, -0.15) is 11.8 Å². The second-order valence-electron chi connectivity index (χ2n) is 5.01. The monoisotopic (exact) mass is 281 g/mol. The fourth-order valence-corrected chi connectivity index (χ4v) is 3.86. The van der Waals surface area contributed by atoms with Gasteiger partial charge in [0.05, 0.1) is 12.2 Å². The van der Waals surface area contributed by atoms with Crippen LogP contribution in [0, 0.1) is 13.8 Å². The summed E-state index contributed by atoms with van der Waals surface area (Å²) in [6.07, 6.45) is 0.709. The molecule has 102 valence electrons. The van der Waals surface area contributed by atoms with Crippen molar-refractivity contribution in [1.82, 2.24) is 15.4 Å². The molecule has 2 saturated heterocycles. The molecule has 0 saturated carbocycles. The van der Waals surface area contributed by atoms with Crippen LogP contribution in [0.1, 0.15) is 23.4 Å². The summed E-state index contributed by atoms with van der Waals surface area (Å²) in [7, 11) is 0. The normalized spacial score (nSPS) is 26.5. The molecule has 1 aromatic heterocycles. The average molecular weight is 281 g/mol. The van der Waals surface area contributed by atoms with Gasteiger partial charge in [-0.3, -0.25) is 9.69 Å². The summed E-state index contributed by atoms with van der Waals surface area (Å²) in [5.41, 5.74) is 0.854. The molecule has 3 amide bonds. The maximum atomic E-state index is 12.5. The second-order valence-corrected chi connectivity index (χ2v) is 6.11. The quantitative estimate of drug-likeness (QED) is 0.825. The van der Waals surface area contributed by atoms with Gasteiger partial charge in [-0.05, 0) is 26.0 Å². The van der Waals surface area contributed by atoms with Crippen LogP contribution in [0.15, 0.2) is 4.52 Å². The number of imide groups is 1. The largest absolute Gasteiger partial charge is 0.361 e. The lowest BCUT2D eigenvalue weighted by Crippen LogP contribution is -2.46. The highest BCUT2D eigenvalue weighted by Gasteiger charge is 2.52. The molecular weight excluding hydrogens is 266 g/mol. The molecule has 2 aliphatic heterocycles. The van der Waals surface area contributed by atoms with Crippen molar-refractivity contribution in [3.63, 3.8) is 0 Å². The number of carbonyl (C=O) groups is 2. The Morgan fingerprint density at radius 2 is 2.26 bits per heavy atom. The number of nitrogens with one attached hydrogen (secondary N) is 1. The molecule has 2 aliphatic rings. The van der Waals surface area contributed by atoms with E-state index in [-0.39, 0.29) is 18.5 Å². The van der Waals surface area contributed by atoms with E-state index in [1.807, 2.05) is 6.92 Å². The van der Waals surface area contributed by atoms with E-state index in [0.717, 1.165) is 17.0 Å². The molecule has 3 heterocycles. The molecule has 7 heteroatoms. The van der Waals surface area contributed by atoms with Gasteiger partial charge in [-0.1, -0.05) is 5.16 Å². The van der Waals surface area contributed by atoms with Gasteiger partial charge >= 0.3 is 6.03 Å². The van der Waals surface area contributed by atoms with Gasteiger partial charge in [0, 0.05) is 11.3 Å². The maximum Gasteiger partial charge on any atom is 0.325 e. The highest BCUT2D eigenvalue weighted by molar-refractivity contribution is 7.99. The average Bonchev–Trinajstić information content (AvgIpc) is 3.01. The standard InChI is InChI=1S/C12H15N3O3S/c1-7-9(8(2)18-14-7)5-15-10(16)12(13-11(15)17)3-4-19-6-12/h3-6H2,1-2H3,(H,13,17)/t12-/m0/s1. The van der Waals surface area contributed by atoms with E-state index in [1.165, 1.54) is 4.90 Å². The third-order valence-corrected chi connectivity index (χ3v) is 4.95. The number of amides is 3. The zero-order valence-corrected chi connectivity index (χ0v) is 11.7. The molecular formula is C12H15N3O3S. The molecule has 2 fully saturated rings. The summed E-state index contributed by atoms with van der Waals surface area (Å²) >= 11 is 1.70. The summed E-state index contributed by atoms with van der Waals surface area (Å²) < 4.78 is 5.07. The van der Waals surface area contributed by atoms with Crippen molar-refractivity contribution in [1.29, 1.82) is 0 Å². The minimum atomic E-state index is -0.680. The Labute approximate surface area is 114 Å². The minimum Gasteiger partial charge on any atom is -0.361 e. The van der Waals surface area contributed by atoms with E-state index in [2.05, 4.69) is 10.5 Å². The van der Waals surface area contributed by atoms with Crippen LogP contribution in [0.5, 0.6) is 0 Å². The van der Waals surface area contributed by atoms with Gasteiger partial charge in [-0.25, -0.2) is 4.79 Å². The van der Waals surface area contributed by atoms with E-state index in [1.54, 1.807) is 18.7 Å². The Kier molecular flexibility index (Phi) is 2.81. The highest BCUT2D eigenvalue weighted by Crippen LogP contribution is 2.34. The fraction of sp³-hybridized carbons (Fsp3) is 0.583. The number of aromatic nitrogens is 1. The van der Waals surface area contributed by atoms with Crippen molar-refractivity contribution in [2.45, 2.75) is 32.4 Å². The summed E-state index contributed by atoms with van der Waals surface area (Å²) in [5.74, 6) is 2.10. The van der Waals surface area contributed by atoms with Crippen LogP contribution in [0.3, 0.4) is 0 Å². The Bertz CT molecular complexity index is 529. The SMILES string of the molecule is Cc1noc(C)c1CN1C(=O)N[C@]2(CCSC2)C1=O. The number of hydrogen-bond donors (Lipinski definition) is 1. The van der Waals surface area contributed by atoms with Gasteiger partial charge in [0.25, 0.3) is 5.91 Å². The molecule has 0 unspecified atom stereocenters. The Morgan fingerprint density at radius 1 is 1.47 bits per heavy atom. The molecule has 1 atom stereocenters. The van der Waals surface area contributed by atoms with E-state index in [0.29, 0.717) is 17.9 Å². The molecule has 19 heavy (non-hydrogen) atoms. The molecule has 1 N–H and O–H groups in total. The molecule has 0 aliphatic carbocycles. The van der Waals surface area contributed by atoms with Crippen molar-refractivity contribution >= 4 is 23.7 Å². The zero-order valence-electron chi connectivity index (χ0n) is 10.9. The van der Waals surface area contributed by atoms with Crippen LogP contribution < -0.4 is 5.32 Å². The van der Waals surface area contributed by atoms with Crippen molar-refractivity contribution in [3.05, 3.63) is 17.0 Å². The Morgan fingerprint density at radius 3 is 2.84 bits per heavy atom. The Hall–Kier alpha value is -1.50. The lowest BCUT2D eigenvalue weighted by atomic mass is 9.99. The first-order valence-corrected chi connectivity index (χ1v) is 7.32. The lowest BCUT2D eigenvalue weighted by Gasteiger charge is -2.19. The van der Waals surface area contributed by atoms with E-state index < -0.39 is 5.54 Å². The van der Waals surface area contributed by atoms with Crippen LogP contribution >= 0.6 is 11.8 Å². The summed E-state index contributed by atoms with van der Waals surface area (Å²) in [6.45, 7) is 3.83. The van der Waals surface area contributed by atoms with Gasteiger partial charge in [0.15, 0.2) is 0 Å². The van der Waals surface area contributed by atoms with Crippen molar-refractivity contribution in [3.8, 4) is 0 Å². The van der Waals surface area contributed by atoms with E-state index >= 15 is 0 Å². The van der Waals surface area contributed by atoms with E-state index in [9.17, 15) is 9.59 Å². The molecule has 0 aromatic carbocycles. The number of aryl methyl sites for hydroxylation is 2. The Balaban J connectivity index is 1.86. The van der Waals surface area contributed by atoms with Gasteiger partial charge < -0.3 is 9.84 Å². The fourth-order valence-electron chi connectivity index (χ4n) is 2.54. The minimum absolute atomic E-state index is 0.123. The number of hydrogen-bond acceptors (Lipinski definition) is 5. The molecule has 3 rings (SSSR count). The number of rotatable bonds is 2. The first kappa shape index (κ1) is 12.5. The summed E-state index contributed by atoms with van der Waals surface area (Å²) in [4.78, 5) is 25.8. The van der Waals surface area contributed by atoms with Gasteiger partial charge in [0.1, 0.15) is 11.3 Å². The van der Waals surface area contributed by atoms with Crippen LogP contribution in [0.2, 0.25) is 0 Å². The van der Waals surface area contributed by atoms with Crippen LogP contribution in [-0.4, -0.2) is 39.0 Å². The van der Waals surface area contributed by atoms with Gasteiger partial charge in [0.2, 0.25) is 0 Å². The van der Waals surface area contributed by atoms with Crippen LogP contribution in [0.4, 0.5) is 4.79 Å².